The van der Waals surface area contributed by atoms with Crippen LogP contribution in [0.2, 0.25) is 0 Å². The molecule has 9 heteroatoms. The van der Waals surface area contributed by atoms with Crippen molar-refractivity contribution in [3.8, 4) is 28.1 Å². The molecule has 0 saturated heterocycles. The van der Waals surface area contributed by atoms with Crippen molar-refractivity contribution in [1.82, 2.24) is 39.9 Å². The van der Waals surface area contributed by atoms with Crippen LogP contribution < -0.4 is 5.32 Å². The van der Waals surface area contributed by atoms with Crippen LogP contribution in [0.1, 0.15) is 38.0 Å². The number of benzene rings is 1. The Morgan fingerprint density at radius 3 is 2.40 bits per heavy atom. The first-order valence-electron chi connectivity index (χ1n) is 11.4. The Balaban J connectivity index is 1.36. The number of pyridine rings is 1. The van der Waals surface area contributed by atoms with Gasteiger partial charge < -0.3 is 5.32 Å². The maximum absolute atomic E-state index is 4.70. The van der Waals surface area contributed by atoms with Crippen LogP contribution in [-0.4, -0.2) is 39.9 Å². The van der Waals surface area contributed by atoms with E-state index in [1.165, 1.54) is 0 Å². The fourth-order valence-electron chi connectivity index (χ4n) is 3.83. The monoisotopic (exact) mass is 465 g/mol. The molecule has 2 N–H and O–H groups in total. The lowest BCUT2D eigenvalue weighted by atomic mass is 9.96. The highest BCUT2D eigenvalue weighted by Crippen LogP contribution is 2.28. The van der Waals surface area contributed by atoms with E-state index >= 15 is 0 Å². The van der Waals surface area contributed by atoms with Gasteiger partial charge in [0, 0.05) is 52.1 Å². The van der Waals surface area contributed by atoms with Crippen molar-refractivity contribution in [3.05, 3.63) is 78.5 Å². The maximum Gasteiger partial charge on any atom is 0.227 e. The Morgan fingerprint density at radius 1 is 0.943 bits per heavy atom. The van der Waals surface area contributed by atoms with Gasteiger partial charge >= 0.3 is 0 Å². The van der Waals surface area contributed by atoms with E-state index in [0.29, 0.717) is 5.95 Å². The molecule has 4 aromatic heterocycles. The van der Waals surface area contributed by atoms with Gasteiger partial charge in [-0.1, -0.05) is 20.8 Å². The Labute approximate surface area is 203 Å². The minimum Gasteiger partial charge on any atom is -0.324 e. The largest absolute Gasteiger partial charge is 0.324 e. The molecule has 5 rings (SSSR count). The zero-order chi connectivity index (χ0) is 24.6. The molecule has 0 amide bonds. The number of aromatic nitrogens is 8. The van der Waals surface area contributed by atoms with Crippen LogP contribution in [-0.2, 0) is 5.41 Å². The molecule has 4 heterocycles. The summed E-state index contributed by atoms with van der Waals surface area (Å²) in [4.78, 5) is 18.0. The zero-order valence-electron chi connectivity index (χ0n) is 20.4. The third kappa shape index (κ3) is 4.65. The van der Waals surface area contributed by atoms with Gasteiger partial charge in [-0.3, -0.25) is 10.1 Å². The number of aromatic amines is 1. The summed E-state index contributed by atoms with van der Waals surface area (Å²) in [6.45, 7) is 10.3. The Hall–Kier alpha value is -4.40. The van der Waals surface area contributed by atoms with E-state index in [-0.39, 0.29) is 5.41 Å². The molecule has 0 atom stereocenters. The normalized spacial score (nSPS) is 11.6. The third-order valence-electron chi connectivity index (χ3n) is 5.66. The molecule has 9 nitrogen and oxygen atoms in total. The predicted molar refractivity (Wildman–Crippen MR) is 136 cm³/mol. The van der Waals surface area contributed by atoms with Crippen LogP contribution >= 0.6 is 0 Å². The van der Waals surface area contributed by atoms with Crippen LogP contribution in [0.15, 0.2) is 61.3 Å². The second-order valence-electron chi connectivity index (χ2n) is 9.47. The Morgan fingerprint density at radius 2 is 1.71 bits per heavy atom. The molecule has 0 aliphatic rings. The fourth-order valence-corrected chi connectivity index (χ4v) is 3.83. The number of H-pyrrole nitrogens is 1. The van der Waals surface area contributed by atoms with Gasteiger partial charge in [0.1, 0.15) is 6.33 Å². The van der Waals surface area contributed by atoms with Gasteiger partial charge in [-0.2, -0.15) is 10.2 Å². The van der Waals surface area contributed by atoms with E-state index in [1.807, 2.05) is 50.4 Å². The molecular weight excluding hydrogens is 438 g/mol. The second-order valence-corrected chi connectivity index (χ2v) is 9.47. The number of nitrogens with zero attached hydrogens (tertiary/aromatic N) is 7. The Kier molecular flexibility index (Phi) is 5.60. The van der Waals surface area contributed by atoms with Crippen molar-refractivity contribution in [2.24, 2.45) is 0 Å². The first-order chi connectivity index (χ1) is 16.8. The summed E-state index contributed by atoms with van der Waals surface area (Å²) in [5.41, 5.74) is 7.41. The fraction of sp³-hybridized carbons (Fsp3) is 0.231. The number of nitrogens with one attached hydrogen (secondary N) is 2. The van der Waals surface area contributed by atoms with E-state index in [9.17, 15) is 0 Å². The van der Waals surface area contributed by atoms with Crippen LogP contribution in [0.4, 0.5) is 11.6 Å². The van der Waals surface area contributed by atoms with Crippen molar-refractivity contribution in [3.63, 3.8) is 0 Å². The summed E-state index contributed by atoms with van der Waals surface area (Å²) in [7, 11) is 0. The second kappa shape index (κ2) is 8.75. The lowest BCUT2D eigenvalue weighted by Crippen LogP contribution is -2.14. The summed E-state index contributed by atoms with van der Waals surface area (Å²) in [6.07, 6.45) is 7.13. The Bertz CT molecular complexity index is 1450. The van der Waals surface area contributed by atoms with Crippen LogP contribution in [0.5, 0.6) is 0 Å². The lowest BCUT2D eigenvalue weighted by molar-refractivity contribution is 0.543. The average molecular weight is 466 g/mol. The molecule has 0 aliphatic heterocycles. The van der Waals surface area contributed by atoms with Gasteiger partial charge in [0.2, 0.25) is 5.95 Å². The van der Waals surface area contributed by atoms with Crippen molar-refractivity contribution in [2.75, 3.05) is 5.32 Å². The van der Waals surface area contributed by atoms with Crippen LogP contribution in [0.3, 0.4) is 0 Å². The summed E-state index contributed by atoms with van der Waals surface area (Å²) in [5, 5.41) is 15.2. The molecule has 35 heavy (non-hydrogen) atoms. The van der Waals surface area contributed by atoms with Gasteiger partial charge in [-0.05, 0) is 50.2 Å². The van der Waals surface area contributed by atoms with Gasteiger partial charge in [0.05, 0.1) is 17.1 Å². The molecule has 5 aromatic rings. The molecule has 176 valence electrons. The summed E-state index contributed by atoms with van der Waals surface area (Å²) in [5.74, 6) is 1.31. The van der Waals surface area contributed by atoms with Gasteiger partial charge in [-0.25, -0.2) is 19.6 Å². The quantitative estimate of drug-likeness (QED) is 0.368. The number of rotatable bonds is 5. The first kappa shape index (κ1) is 22.4. The highest BCUT2D eigenvalue weighted by Gasteiger charge is 2.19. The van der Waals surface area contributed by atoms with Gasteiger partial charge in [-0.15, -0.1) is 0 Å². The molecule has 0 bridgehead atoms. The topological polar surface area (TPSA) is 110 Å². The van der Waals surface area contributed by atoms with E-state index in [2.05, 4.69) is 62.4 Å². The molecule has 0 aliphatic carbocycles. The SMILES string of the molecule is Cc1n[nH]c(C)c1-c1cncc(-c2ccnc(Nc3ccc(-n4cnc(C(C)(C)C)n4)cc3)n2)c1. The summed E-state index contributed by atoms with van der Waals surface area (Å²) < 4.78 is 1.78. The standard InChI is InChI=1S/C26H27N9/c1-16-23(17(2)33-32-16)19-12-18(13-27-14-19)22-10-11-28-25(31-22)30-20-6-8-21(9-7-20)35-15-29-24(34-35)26(3,4)5/h6-15H,1-5H3,(H,32,33)(H,28,30,31). The molecule has 0 saturated carbocycles. The molecule has 0 spiro atoms. The van der Waals surface area contributed by atoms with Crippen molar-refractivity contribution in [2.45, 2.75) is 40.0 Å². The van der Waals surface area contributed by atoms with Gasteiger partial charge in [0.25, 0.3) is 0 Å². The first-order valence-corrected chi connectivity index (χ1v) is 11.4. The van der Waals surface area contributed by atoms with E-state index < -0.39 is 0 Å². The minimum atomic E-state index is -0.0969. The van der Waals surface area contributed by atoms with E-state index in [4.69, 9.17) is 4.98 Å². The minimum absolute atomic E-state index is 0.0969. The molecule has 0 fully saturated rings. The van der Waals surface area contributed by atoms with Crippen molar-refractivity contribution in [1.29, 1.82) is 0 Å². The van der Waals surface area contributed by atoms with Crippen molar-refractivity contribution >= 4 is 11.6 Å². The lowest BCUT2D eigenvalue weighted by Gasteiger charge is -2.12. The third-order valence-corrected chi connectivity index (χ3v) is 5.66. The number of anilines is 2. The maximum atomic E-state index is 4.70. The zero-order valence-corrected chi connectivity index (χ0v) is 20.4. The summed E-state index contributed by atoms with van der Waals surface area (Å²) >= 11 is 0. The number of hydrogen-bond acceptors (Lipinski definition) is 7. The predicted octanol–water partition coefficient (Wildman–Crippen LogP) is 5.17. The molecule has 1 aromatic carbocycles. The highest BCUT2D eigenvalue weighted by atomic mass is 15.3. The highest BCUT2D eigenvalue weighted by molar-refractivity contribution is 5.73. The molecule has 0 radical (unpaired) electrons. The van der Waals surface area contributed by atoms with Gasteiger partial charge in [0.15, 0.2) is 5.82 Å². The van der Waals surface area contributed by atoms with Crippen LogP contribution in [0.25, 0.3) is 28.1 Å². The average Bonchev–Trinajstić information content (AvgIpc) is 3.47. The smallest absolute Gasteiger partial charge is 0.227 e. The van der Waals surface area contributed by atoms with E-state index in [0.717, 1.165) is 51.0 Å². The van der Waals surface area contributed by atoms with Crippen LogP contribution in [0, 0.1) is 13.8 Å². The summed E-state index contributed by atoms with van der Waals surface area (Å²) in [6, 6.07) is 11.9. The van der Waals surface area contributed by atoms with Crippen molar-refractivity contribution < 1.29 is 0 Å². The van der Waals surface area contributed by atoms with E-state index in [1.54, 1.807) is 23.4 Å². The number of hydrogen-bond donors (Lipinski definition) is 2. The molecule has 0 unspecified atom stereocenters. The number of aryl methyl sites for hydroxylation is 2. The molecular formula is C26H27N9.